The highest BCUT2D eigenvalue weighted by atomic mass is 127. The van der Waals surface area contributed by atoms with Gasteiger partial charge in [-0.1, -0.05) is 30.3 Å². The number of nitrogens with one attached hydrogen (secondary N) is 1. The summed E-state index contributed by atoms with van der Waals surface area (Å²) < 4.78 is 11.7. The fourth-order valence-corrected chi connectivity index (χ4v) is 3.41. The fourth-order valence-electron chi connectivity index (χ4n) is 3.41. The summed E-state index contributed by atoms with van der Waals surface area (Å²) in [5, 5.41) is 3.43. The third-order valence-electron chi connectivity index (χ3n) is 5.21. The summed E-state index contributed by atoms with van der Waals surface area (Å²) in [7, 11) is 5.24. The van der Waals surface area contributed by atoms with Crippen LogP contribution < -0.4 is 14.8 Å². The van der Waals surface area contributed by atoms with Crippen LogP contribution in [-0.4, -0.2) is 68.6 Å². The van der Waals surface area contributed by atoms with Gasteiger partial charge in [-0.25, -0.2) is 0 Å². The van der Waals surface area contributed by atoms with Crippen LogP contribution in [0.3, 0.4) is 0 Å². The summed E-state index contributed by atoms with van der Waals surface area (Å²) in [4.78, 5) is 19.9. The summed E-state index contributed by atoms with van der Waals surface area (Å²) >= 11 is 0. The highest BCUT2D eigenvalue weighted by molar-refractivity contribution is 14.0. The largest absolute Gasteiger partial charge is 0.490 e. The van der Waals surface area contributed by atoms with E-state index >= 15 is 0 Å². The Morgan fingerprint density at radius 2 is 1.78 bits per heavy atom. The van der Waals surface area contributed by atoms with Gasteiger partial charge in [-0.2, -0.15) is 0 Å². The monoisotopic (exact) mass is 552 g/mol. The van der Waals surface area contributed by atoms with Crippen LogP contribution in [0.25, 0.3) is 0 Å². The van der Waals surface area contributed by atoms with Gasteiger partial charge >= 0.3 is 0 Å². The Hall–Kier alpha value is -2.49. The van der Waals surface area contributed by atoms with Crippen LogP contribution in [0.1, 0.15) is 18.4 Å². The number of carbonyl (C=O) groups is 1. The molecule has 0 radical (unpaired) electrons. The van der Waals surface area contributed by atoms with Gasteiger partial charge in [0.15, 0.2) is 12.6 Å². The molecule has 1 saturated heterocycles. The van der Waals surface area contributed by atoms with Crippen molar-refractivity contribution in [2.24, 2.45) is 4.99 Å². The van der Waals surface area contributed by atoms with E-state index in [1.165, 1.54) is 4.90 Å². The van der Waals surface area contributed by atoms with Crippen molar-refractivity contribution in [3.8, 4) is 11.5 Å². The van der Waals surface area contributed by atoms with E-state index in [-0.39, 0.29) is 42.6 Å². The number of likely N-dealkylation sites (N-methyl/N-ethyl adjacent to an activating group) is 1. The van der Waals surface area contributed by atoms with E-state index in [1.54, 1.807) is 21.1 Å². The van der Waals surface area contributed by atoms with Gasteiger partial charge in [0, 0.05) is 53.6 Å². The number of aliphatic imine (C=N–C) groups is 1. The molecule has 1 aliphatic heterocycles. The summed E-state index contributed by atoms with van der Waals surface area (Å²) in [6, 6.07) is 17.8. The highest BCUT2D eigenvalue weighted by Gasteiger charge is 2.22. The van der Waals surface area contributed by atoms with Crippen molar-refractivity contribution in [1.29, 1.82) is 0 Å². The molecule has 0 unspecified atom stereocenters. The Balaban J connectivity index is 0.00000363. The van der Waals surface area contributed by atoms with Gasteiger partial charge in [0.05, 0.1) is 0 Å². The molecule has 0 aromatic heterocycles. The van der Waals surface area contributed by atoms with E-state index in [2.05, 4.69) is 15.2 Å². The minimum Gasteiger partial charge on any atom is -0.490 e. The molecule has 2 aromatic rings. The van der Waals surface area contributed by atoms with Gasteiger partial charge in [-0.05, 0) is 29.8 Å². The van der Waals surface area contributed by atoms with Crippen molar-refractivity contribution in [3.63, 3.8) is 0 Å². The number of halogens is 1. The number of amides is 1. The van der Waals surface area contributed by atoms with Crippen LogP contribution in [0, 0.1) is 0 Å². The van der Waals surface area contributed by atoms with Crippen molar-refractivity contribution < 1.29 is 14.3 Å². The lowest BCUT2D eigenvalue weighted by atomic mass is 10.1. The van der Waals surface area contributed by atoms with E-state index in [4.69, 9.17) is 9.47 Å². The topological polar surface area (TPSA) is 66.4 Å². The second-order valence-corrected chi connectivity index (χ2v) is 7.74. The first-order valence-corrected chi connectivity index (χ1v) is 10.6. The second kappa shape index (κ2) is 13.1. The lowest BCUT2D eigenvalue weighted by Crippen LogP contribution is -2.47. The summed E-state index contributed by atoms with van der Waals surface area (Å²) in [6.45, 7) is 2.46. The number of piperidine rings is 1. The molecule has 0 spiro atoms. The van der Waals surface area contributed by atoms with Crippen LogP contribution in [0.5, 0.6) is 11.5 Å². The molecule has 7 nitrogen and oxygen atoms in total. The SMILES string of the molecule is CN=C(NCc1cccc(OCC(=O)N(C)C)c1)N1CCC(Oc2ccccc2)CC1.I. The number of rotatable bonds is 7. The van der Waals surface area contributed by atoms with E-state index in [9.17, 15) is 4.79 Å². The van der Waals surface area contributed by atoms with Crippen molar-refractivity contribution >= 4 is 35.8 Å². The minimum atomic E-state index is -0.0661. The maximum Gasteiger partial charge on any atom is 0.259 e. The Kier molecular flexibility index (Phi) is 10.6. The first kappa shape index (κ1) is 25.8. The summed E-state index contributed by atoms with van der Waals surface area (Å²) in [5.41, 5.74) is 1.07. The molecule has 1 aliphatic rings. The van der Waals surface area contributed by atoms with Gasteiger partial charge in [0.25, 0.3) is 5.91 Å². The van der Waals surface area contributed by atoms with Gasteiger partial charge in [0.1, 0.15) is 17.6 Å². The average molecular weight is 552 g/mol. The molecule has 0 bridgehead atoms. The zero-order valence-corrected chi connectivity index (χ0v) is 21.3. The summed E-state index contributed by atoms with van der Waals surface area (Å²) in [5.74, 6) is 2.43. The molecule has 2 aromatic carbocycles. The molecule has 8 heteroatoms. The van der Waals surface area contributed by atoms with Crippen molar-refractivity contribution in [2.75, 3.05) is 40.8 Å². The van der Waals surface area contributed by atoms with E-state index < -0.39 is 0 Å². The van der Waals surface area contributed by atoms with Crippen LogP contribution in [-0.2, 0) is 11.3 Å². The zero-order chi connectivity index (χ0) is 22.1. The predicted octanol–water partition coefficient (Wildman–Crippen LogP) is 3.39. The maximum absolute atomic E-state index is 11.7. The normalized spacial score (nSPS) is 14.3. The van der Waals surface area contributed by atoms with Crippen LogP contribution in [0.15, 0.2) is 59.6 Å². The third kappa shape index (κ3) is 7.89. The average Bonchev–Trinajstić information content (AvgIpc) is 2.80. The molecule has 1 N–H and O–H groups in total. The van der Waals surface area contributed by atoms with Crippen LogP contribution >= 0.6 is 24.0 Å². The molecule has 1 fully saturated rings. The molecule has 0 atom stereocenters. The first-order chi connectivity index (χ1) is 15.0. The number of hydrogen-bond donors (Lipinski definition) is 1. The molecule has 3 rings (SSSR count). The van der Waals surface area contributed by atoms with Crippen molar-refractivity contribution in [1.82, 2.24) is 15.1 Å². The maximum atomic E-state index is 11.7. The Labute approximate surface area is 207 Å². The van der Waals surface area contributed by atoms with Gasteiger partial charge in [0.2, 0.25) is 0 Å². The van der Waals surface area contributed by atoms with Gasteiger partial charge < -0.3 is 24.6 Å². The van der Waals surface area contributed by atoms with E-state index in [0.717, 1.165) is 43.2 Å². The molecule has 0 saturated carbocycles. The number of para-hydroxylation sites is 1. The smallest absolute Gasteiger partial charge is 0.259 e. The number of benzene rings is 2. The number of carbonyl (C=O) groups excluding carboxylic acids is 1. The van der Waals surface area contributed by atoms with E-state index in [1.807, 2.05) is 54.6 Å². The van der Waals surface area contributed by atoms with E-state index in [0.29, 0.717) is 12.3 Å². The Morgan fingerprint density at radius 3 is 2.44 bits per heavy atom. The molecular weight excluding hydrogens is 519 g/mol. The molecule has 174 valence electrons. The molecular formula is C24H33IN4O3. The zero-order valence-electron chi connectivity index (χ0n) is 19.0. The fraction of sp³-hybridized carbons (Fsp3) is 0.417. The lowest BCUT2D eigenvalue weighted by Gasteiger charge is -2.34. The second-order valence-electron chi connectivity index (χ2n) is 7.74. The lowest BCUT2D eigenvalue weighted by molar-refractivity contribution is -0.130. The standard InChI is InChI=1S/C24H32N4O3.HI/c1-25-24(28-14-12-21(13-15-28)31-20-9-5-4-6-10-20)26-17-19-8-7-11-22(16-19)30-18-23(29)27(2)3;/h4-11,16,21H,12-15,17-18H2,1-3H3,(H,25,26);1H. The van der Waals surface area contributed by atoms with Gasteiger partial charge in [-0.3, -0.25) is 9.79 Å². The Bertz CT molecular complexity index is 869. The third-order valence-corrected chi connectivity index (χ3v) is 5.21. The van der Waals surface area contributed by atoms with Gasteiger partial charge in [-0.15, -0.1) is 24.0 Å². The number of guanidine groups is 1. The number of likely N-dealkylation sites (tertiary alicyclic amines) is 1. The molecule has 32 heavy (non-hydrogen) atoms. The summed E-state index contributed by atoms with van der Waals surface area (Å²) in [6.07, 6.45) is 2.15. The number of ether oxygens (including phenoxy) is 2. The Morgan fingerprint density at radius 1 is 1.09 bits per heavy atom. The molecule has 1 heterocycles. The molecule has 0 aliphatic carbocycles. The molecule has 1 amide bonds. The first-order valence-electron chi connectivity index (χ1n) is 10.6. The van der Waals surface area contributed by atoms with Crippen LogP contribution in [0.2, 0.25) is 0 Å². The minimum absolute atomic E-state index is 0. The highest BCUT2D eigenvalue weighted by Crippen LogP contribution is 2.19. The van der Waals surface area contributed by atoms with Crippen molar-refractivity contribution in [2.45, 2.75) is 25.5 Å². The predicted molar refractivity (Wildman–Crippen MR) is 138 cm³/mol. The quantitative estimate of drug-likeness (QED) is 0.324. The van der Waals surface area contributed by atoms with Crippen molar-refractivity contribution in [3.05, 3.63) is 60.2 Å². The number of nitrogens with zero attached hydrogens (tertiary/aromatic N) is 3. The number of hydrogen-bond acceptors (Lipinski definition) is 4. The van der Waals surface area contributed by atoms with Crippen LogP contribution in [0.4, 0.5) is 0 Å².